The molecule has 0 atom stereocenters. The summed E-state index contributed by atoms with van der Waals surface area (Å²) in [5.74, 6) is 0.796. The van der Waals surface area contributed by atoms with Gasteiger partial charge in [-0.1, -0.05) is 12.1 Å². The highest BCUT2D eigenvalue weighted by atomic mass is 16.6. The summed E-state index contributed by atoms with van der Waals surface area (Å²) in [6.45, 7) is 4.37. The van der Waals surface area contributed by atoms with E-state index < -0.39 is 0 Å². The van der Waals surface area contributed by atoms with E-state index in [2.05, 4.69) is 10.2 Å². The first-order valence-corrected chi connectivity index (χ1v) is 7.90. The lowest BCUT2D eigenvalue weighted by atomic mass is 9.97. The van der Waals surface area contributed by atoms with Gasteiger partial charge in [-0.15, -0.1) is 0 Å². The highest BCUT2D eigenvalue weighted by Gasteiger charge is 2.30. The van der Waals surface area contributed by atoms with Crippen LogP contribution in [0.25, 0.3) is 0 Å². The molecule has 1 saturated carbocycles. The van der Waals surface area contributed by atoms with Crippen LogP contribution >= 0.6 is 0 Å². The van der Waals surface area contributed by atoms with E-state index in [0.717, 1.165) is 31.6 Å². The summed E-state index contributed by atoms with van der Waals surface area (Å²) in [5, 5.41) is 14.1. The third-order valence-corrected chi connectivity index (χ3v) is 4.55. The minimum Gasteiger partial charge on any atom is -0.317 e. The van der Waals surface area contributed by atoms with Gasteiger partial charge < -0.3 is 5.32 Å². The quantitative estimate of drug-likeness (QED) is 0.646. The maximum Gasteiger partial charge on any atom is 0.269 e. The molecule has 3 rings (SSSR count). The second kappa shape index (κ2) is 6.54. The average molecular weight is 289 g/mol. The SMILES string of the molecule is O=[N+]([O-])c1ccc(CN(CC2CCNCC2)C2CC2)cc1. The van der Waals surface area contributed by atoms with E-state index in [9.17, 15) is 10.1 Å². The van der Waals surface area contributed by atoms with Gasteiger partial charge in [-0.3, -0.25) is 15.0 Å². The number of benzene rings is 1. The van der Waals surface area contributed by atoms with Crippen LogP contribution in [0.3, 0.4) is 0 Å². The first-order chi connectivity index (χ1) is 10.2. The number of non-ortho nitro benzene ring substituents is 1. The van der Waals surface area contributed by atoms with E-state index in [0.29, 0.717) is 0 Å². The smallest absolute Gasteiger partial charge is 0.269 e. The van der Waals surface area contributed by atoms with Gasteiger partial charge in [-0.05, 0) is 50.3 Å². The zero-order valence-corrected chi connectivity index (χ0v) is 12.3. The van der Waals surface area contributed by atoms with Gasteiger partial charge in [-0.2, -0.15) is 0 Å². The Bertz CT molecular complexity index is 479. The first-order valence-electron chi connectivity index (χ1n) is 7.90. The molecule has 2 fully saturated rings. The fraction of sp³-hybridized carbons (Fsp3) is 0.625. The largest absolute Gasteiger partial charge is 0.317 e. The van der Waals surface area contributed by atoms with Crippen molar-refractivity contribution >= 4 is 5.69 Å². The molecule has 5 nitrogen and oxygen atoms in total. The zero-order valence-electron chi connectivity index (χ0n) is 12.3. The molecule has 0 radical (unpaired) electrons. The normalized spacial score (nSPS) is 19.9. The molecular weight excluding hydrogens is 266 g/mol. The number of piperidine rings is 1. The van der Waals surface area contributed by atoms with Gasteiger partial charge in [0.2, 0.25) is 0 Å². The summed E-state index contributed by atoms with van der Waals surface area (Å²) in [4.78, 5) is 12.9. The molecule has 5 heteroatoms. The monoisotopic (exact) mass is 289 g/mol. The van der Waals surface area contributed by atoms with Crippen LogP contribution in [0.1, 0.15) is 31.2 Å². The maximum absolute atomic E-state index is 10.7. The summed E-state index contributed by atoms with van der Waals surface area (Å²) in [6.07, 6.45) is 5.14. The topological polar surface area (TPSA) is 58.4 Å². The predicted octanol–water partition coefficient (Wildman–Crippen LogP) is 2.56. The fourth-order valence-electron chi connectivity index (χ4n) is 3.14. The van der Waals surface area contributed by atoms with Crippen molar-refractivity contribution in [3.05, 3.63) is 39.9 Å². The molecule has 1 heterocycles. The third kappa shape index (κ3) is 4.02. The molecule has 0 spiro atoms. The molecule has 0 unspecified atom stereocenters. The van der Waals surface area contributed by atoms with E-state index in [-0.39, 0.29) is 10.6 Å². The van der Waals surface area contributed by atoms with Crippen LogP contribution in [0.4, 0.5) is 5.69 Å². The van der Waals surface area contributed by atoms with Crippen molar-refractivity contribution in [3.8, 4) is 0 Å². The molecule has 1 N–H and O–H groups in total. The Kier molecular flexibility index (Phi) is 4.51. The Morgan fingerprint density at radius 2 is 1.81 bits per heavy atom. The van der Waals surface area contributed by atoms with Gasteiger partial charge >= 0.3 is 0 Å². The number of nitro groups is 1. The molecule has 0 amide bonds. The van der Waals surface area contributed by atoms with E-state index in [1.807, 2.05) is 12.1 Å². The van der Waals surface area contributed by atoms with Crippen LogP contribution in [-0.4, -0.2) is 35.5 Å². The van der Waals surface area contributed by atoms with Crippen molar-refractivity contribution in [2.45, 2.75) is 38.3 Å². The second-order valence-corrected chi connectivity index (χ2v) is 6.28. The Balaban J connectivity index is 1.60. The van der Waals surface area contributed by atoms with Crippen molar-refractivity contribution in [2.24, 2.45) is 5.92 Å². The van der Waals surface area contributed by atoms with Gasteiger partial charge in [0.15, 0.2) is 0 Å². The van der Waals surface area contributed by atoms with E-state index in [1.165, 1.54) is 37.8 Å². The Hall–Kier alpha value is -1.46. The summed E-state index contributed by atoms with van der Waals surface area (Å²) < 4.78 is 0. The van der Waals surface area contributed by atoms with E-state index in [4.69, 9.17) is 0 Å². The molecule has 2 aliphatic rings. The fourth-order valence-corrected chi connectivity index (χ4v) is 3.14. The zero-order chi connectivity index (χ0) is 14.7. The van der Waals surface area contributed by atoms with Crippen LogP contribution in [0.15, 0.2) is 24.3 Å². The molecule has 114 valence electrons. The predicted molar refractivity (Wildman–Crippen MR) is 82.1 cm³/mol. The van der Waals surface area contributed by atoms with Crippen LogP contribution in [-0.2, 0) is 6.54 Å². The van der Waals surface area contributed by atoms with Gasteiger partial charge in [0.1, 0.15) is 0 Å². The van der Waals surface area contributed by atoms with Crippen molar-refractivity contribution in [3.63, 3.8) is 0 Å². The summed E-state index contributed by atoms with van der Waals surface area (Å²) >= 11 is 0. The first kappa shape index (κ1) is 14.5. The van der Waals surface area contributed by atoms with E-state index >= 15 is 0 Å². The highest BCUT2D eigenvalue weighted by Crippen LogP contribution is 2.30. The second-order valence-electron chi connectivity index (χ2n) is 6.28. The van der Waals surface area contributed by atoms with E-state index in [1.54, 1.807) is 12.1 Å². The molecule has 1 aromatic rings. The van der Waals surface area contributed by atoms with Crippen molar-refractivity contribution in [1.29, 1.82) is 0 Å². The molecule has 0 aromatic heterocycles. The van der Waals surface area contributed by atoms with Crippen LogP contribution in [0.5, 0.6) is 0 Å². The Morgan fingerprint density at radius 3 is 2.38 bits per heavy atom. The summed E-state index contributed by atoms with van der Waals surface area (Å²) in [6, 6.07) is 7.76. The maximum atomic E-state index is 10.7. The number of nitrogens with one attached hydrogen (secondary N) is 1. The minimum atomic E-state index is -0.336. The number of hydrogen-bond donors (Lipinski definition) is 1. The lowest BCUT2D eigenvalue weighted by Gasteiger charge is -2.30. The molecule has 1 aliphatic carbocycles. The highest BCUT2D eigenvalue weighted by molar-refractivity contribution is 5.32. The van der Waals surface area contributed by atoms with Crippen molar-refractivity contribution in [2.75, 3.05) is 19.6 Å². The number of nitro benzene ring substituents is 1. The van der Waals surface area contributed by atoms with Crippen LogP contribution in [0.2, 0.25) is 0 Å². The number of nitrogens with zero attached hydrogens (tertiary/aromatic N) is 2. The Morgan fingerprint density at radius 1 is 1.14 bits per heavy atom. The molecular formula is C16H23N3O2. The summed E-state index contributed by atoms with van der Waals surface area (Å²) in [7, 11) is 0. The van der Waals surface area contributed by atoms with Crippen LogP contribution in [0, 0.1) is 16.0 Å². The van der Waals surface area contributed by atoms with Crippen molar-refractivity contribution < 1.29 is 4.92 Å². The van der Waals surface area contributed by atoms with Crippen LogP contribution < -0.4 is 5.32 Å². The van der Waals surface area contributed by atoms with Gasteiger partial charge in [0, 0.05) is 31.3 Å². The average Bonchev–Trinajstić information content (AvgIpc) is 3.33. The number of hydrogen-bond acceptors (Lipinski definition) is 4. The van der Waals surface area contributed by atoms with Gasteiger partial charge in [0.05, 0.1) is 4.92 Å². The molecule has 0 bridgehead atoms. The molecule has 1 saturated heterocycles. The van der Waals surface area contributed by atoms with Gasteiger partial charge in [0.25, 0.3) is 5.69 Å². The minimum absolute atomic E-state index is 0.176. The molecule has 1 aliphatic heterocycles. The summed E-state index contributed by atoms with van der Waals surface area (Å²) in [5.41, 5.74) is 1.36. The van der Waals surface area contributed by atoms with Crippen molar-refractivity contribution in [1.82, 2.24) is 10.2 Å². The standard InChI is InChI=1S/C16H23N3O2/c20-19(21)16-3-1-13(2-4-16)11-18(15-5-6-15)12-14-7-9-17-10-8-14/h1-4,14-15,17H,5-12H2. The molecule has 21 heavy (non-hydrogen) atoms. The molecule has 1 aromatic carbocycles. The number of rotatable bonds is 6. The lowest BCUT2D eigenvalue weighted by Crippen LogP contribution is -2.37. The Labute approximate surface area is 125 Å². The lowest BCUT2D eigenvalue weighted by molar-refractivity contribution is -0.384. The third-order valence-electron chi connectivity index (χ3n) is 4.55. The van der Waals surface area contributed by atoms with Gasteiger partial charge in [-0.25, -0.2) is 0 Å².